The molecule has 0 fully saturated rings. The van der Waals surface area contributed by atoms with Crippen molar-refractivity contribution in [3.8, 4) is 18.1 Å². The third-order valence-corrected chi connectivity index (χ3v) is 4.74. The topological polar surface area (TPSA) is 67.1 Å². The number of rotatable bonds is 10. The van der Waals surface area contributed by atoms with Crippen molar-refractivity contribution < 1.29 is 18.6 Å². The summed E-state index contributed by atoms with van der Waals surface area (Å²) in [6, 6.07) is 9.68. The summed E-state index contributed by atoms with van der Waals surface area (Å²) in [5.74, 6) is 2.56. The van der Waals surface area contributed by atoms with Crippen molar-refractivity contribution in [3.63, 3.8) is 0 Å². The van der Waals surface area contributed by atoms with Crippen LogP contribution in [0.5, 0.6) is 5.75 Å². The number of ether oxygens (including phenoxy) is 3. The number of nitrogens with zero attached hydrogens (tertiary/aromatic N) is 2. The van der Waals surface area contributed by atoms with E-state index in [-0.39, 0.29) is 11.4 Å². The van der Waals surface area contributed by atoms with Gasteiger partial charge in [0.05, 0.1) is 31.6 Å². The predicted octanol–water partition coefficient (Wildman–Crippen LogP) is 3.75. The second kappa shape index (κ2) is 11.8. The molecule has 0 atom stereocenters. The normalized spacial score (nSPS) is 11.2. The van der Waals surface area contributed by atoms with Crippen LogP contribution in [0.1, 0.15) is 23.6 Å². The van der Waals surface area contributed by atoms with Gasteiger partial charge in [0.25, 0.3) is 0 Å². The molecule has 0 aliphatic carbocycles. The van der Waals surface area contributed by atoms with Gasteiger partial charge in [-0.05, 0) is 42.8 Å². The minimum atomic E-state index is -0.459. The summed E-state index contributed by atoms with van der Waals surface area (Å²) < 4.78 is 29.3. The van der Waals surface area contributed by atoms with E-state index in [4.69, 9.17) is 26.0 Å². The lowest BCUT2D eigenvalue weighted by Crippen LogP contribution is -2.31. The van der Waals surface area contributed by atoms with Crippen LogP contribution in [-0.2, 0) is 9.47 Å². The molecular weight excluding hydrogens is 397 g/mol. The molecule has 31 heavy (non-hydrogen) atoms. The molecule has 2 aromatic carbocycles. The number of aliphatic imine (C=N–C) groups is 1. The summed E-state index contributed by atoms with van der Waals surface area (Å²) in [5, 5.41) is 8.30. The summed E-state index contributed by atoms with van der Waals surface area (Å²) in [4.78, 5) is 6.46. The van der Waals surface area contributed by atoms with E-state index < -0.39 is 5.82 Å². The van der Waals surface area contributed by atoms with E-state index in [0.717, 1.165) is 11.3 Å². The molecule has 6 nitrogen and oxygen atoms in total. The Bertz CT molecular complexity index is 975. The molecule has 0 amide bonds. The molecule has 7 heteroatoms. The fourth-order valence-electron chi connectivity index (χ4n) is 3.07. The van der Waals surface area contributed by atoms with E-state index in [1.165, 1.54) is 25.3 Å². The maximum Gasteiger partial charge on any atom is 0.155 e. The number of amidine groups is 1. The Hall–Kier alpha value is -3.21. The van der Waals surface area contributed by atoms with Gasteiger partial charge in [-0.1, -0.05) is 12.0 Å². The number of hydrogen-bond donors (Lipinski definition) is 1. The van der Waals surface area contributed by atoms with Gasteiger partial charge in [-0.15, -0.1) is 6.42 Å². The first-order chi connectivity index (χ1) is 14.9. The average molecular weight is 426 g/mol. The molecule has 164 valence electrons. The van der Waals surface area contributed by atoms with Crippen LogP contribution in [0.2, 0.25) is 0 Å². The van der Waals surface area contributed by atoms with Crippen molar-refractivity contribution in [1.29, 1.82) is 5.41 Å². The number of terminal acetylenes is 1. The van der Waals surface area contributed by atoms with Crippen molar-refractivity contribution in [2.75, 3.05) is 52.5 Å². The third kappa shape index (κ3) is 6.38. The minimum absolute atomic E-state index is 0.0954. The van der Waals surface area contributed by atoms with E-state index in [0.29, 0.717) is 43.3 Å². The van der Waals surface area contributed by atoms with Crippen LogP contribution >= 0.6 is 0 Å². The summed E-state index contributed by atoms with van der Waals surface area (Å²) in [5.41, 5.74) is 3.24. The van der Waals surface area contributed by atoms with Crippen LogP contribution < -0.4 is 9.64 Å². The van der Waals surface area contributed by atoms with Gasteiger partial charge in [0.1, 0.15) is 11.6 Å². The van der Waals surface area contributed by atoms with Crippen LogP contribution in [0.4, 0.5) is 10.1 Å². The van der Waals surface area contributed by atoms with Gasteiger partial charge < -0.3 is 19.1 Å². The summed E-state index contributed by atoms with van der Waals surface area (Å²) in [6.07, 6.45) is 5.78. The largest absolute Gasteiger partial charge is 0.496 e. The van der Waals surface area contributed by atoms with E-state index >= 15 is 0 Å². The first-order valence-electron chi connectivity index (χ1n) is 9.76. The van der Waals surface area contributed by atoms with Crippen molar-refractivity contribution in [2.24, 2.45) is 4.99 Å². The molecule has 0 heterocycles. The molecular formula is C24H28FN3O3. The molecule has 0 aliphatic rings. The second-order valence-corrected chi connectivity index (χ2v) is 6.74. The highest BCUT2D eigenvalue weighted by Crippen LogP contribution is 2.23. The number of benzene rings is 2. The zero-order valence-corrected chi connectivity index (χ0v) is 18.4. The third-order valence-electron chi connectivity index (χ3n) is 4.74. The van der Waals surface area contributed by atoms with Crippen molar-refractivity contribution >= 4 is 17.2 Å². The van der Waals surface area contributed by atoms with Gasteiger partial charge in [0, 0.05) is 38.6 Å². The Morgan fingerprint density at radius 3 is 2.35 bits per heavy atom. The van der Waals surface area contributed by atoms with Gasteiger partial charge in [-0.3, -0.25) is 5.41 Å². The molecule has 0 radical (unpaired) electrons. The van der Waals surface area contributed by atoms with Crippen LogP contribution in [0.15, 0.2) is 41.4 Å². The lowest BCUT2D eigenvalue weighted by atomic mass is 10.0. The number of hydrogen-bond acceptors (Lipinski definition) is 5. The Kier molecular flexibility index (Phi) is 9.19. The molecule has 0 spiro atoms. The SMILES string of the molecule is C#Cc1cc(C(C)=NC(=N)c2cc(F)ccc2OC)ccc1N(CCOC)CCOC. The highest BCUT2D eigenvalue weighted by Gasteiger charge is 2.14. The van der Waals surface area contributed by atoms with Crippen LogP contribution in [-0.4, -0.2) is 59.2 Å². The smallest absolute Gasteiger partial charge is 0.155 e. The van der Waals surface area contributed by atoms with Crippen LogP contribution in [0.3, 0.4) is 0 Å². The second-order valence-electron chi connectivity index (χ2n) is 6.74. The molecule has 0 saturated heterocycles. The molecule has 2 aromatic rings. The fraction of sp³-hybridized carbons (Fsp3) is 0.333. The molecule has 0 bridgehead atoms. The van der Waals surface area contributed by atoms with E-state index in [1.807, 2.05) is 18.2 Å². The number of halogens is 1. The highest BCUT2D eigenvalue weighted by atomic mass is 19.1. The fourth-order valence-corrected chi connectivity index (χ4v) is 3.07. The quantitative estimate of drug-likeness (QED) is 0.358. The first kappa shape index (κ1) is 24.1. The summed E-state index contributed by atoms with van der Waals surface area (Å²) in [7, 11) is 4.78. The average Bonchev–Trinajstić information content (AvgIpc) is 2.78. The Labute approximate surface area is 183 Å². The van der Waals surface area contributed by atoms with Gasteiger partial charge in [0.15, 0.2) is 5.84 Å². The van der Waals surface area contributed by atoms with Gasteiger partial charge in [0.2, 0.25) is 0 Å². The summed E-state index contributed by atoms with van der Waals surface area (Å²) in [6.45, 7) is 4.24. The predicted molar refractivity (Wildman–Crippen MR) is 122 cm³/mol. The zero-order valence-electron chi connectivity index (χ0n) is 18.4. The van der Waals surface area contributed by atoms with E-state index in [9.17, 15) is 4.39 Å². The van der Waals surface area contributed by atoms with E-state index in [2.05, 4.69) is 15.8 Å². The Balaban J connectivity index is 2.35. The first-order valence-corrected chi connectivity index (χ1v) is 9.76. The molecule has 0 saturated carbocycles. The van der Waals surface area contributed by atoms with Crippen molar-refractivity contribution in [2.45, 2.75) is 6.92 Å². The molecule has 1 N–H and O–H groups in total. The van der Waals surface area contributed by atoms with Crippen LogP contribution in [0.25, 0.3) is 0 Å². The monoisotopic (exact) mass is 425 g/mol. The standard InChI is InChI=1S/C24H28FN3O3/c1-6-18-15-19(7-9-22(18)28(11-13-29-3)12-14-30-4)17(2)27-24(26)21-16-20(25)8-10-23(21)31-5/h1,7-10,15-16,26H,11-14H2,2-5H3. The minimum Gasteiger partial charge on any atom is -0.496 e. The van der Waals surface area contributed by atoms with Gasteiger partial charge in [-0.2, -0.15) is 0 Å². The maximum atomic E-state index is 13.7. The van der Waals surface area contributed by atoms with Gasteiger partial charge in [-0.25, -0.2) is 9.38 Å². The Morgan fingerprint density at radius 1 is 1.10 bits per heavy atom. The van der Waals surface area contributed by atoms with Gasteiger partial charge >= 0.3 is 0 Å². The van der Waals surface area contributed by atoms with Crippen molar-refractivity contribution in [1.82, 2.24) is 0 Å². The summed E-state index contributed by atoms with van der Waals surface area (Å²) >= 11 is 0. The lowest BCUT2D eigenvalue weighted by molar-refractivity contribution is 0.190. The van der Waals surface area contributed by atoms with Crippen molar-refractivity contribution in [3.05, 3.63) is 58.9 Å². The molecule has 0 aliphatic heterocycles. The van der Waals surface area contributed by atoms with Crippen LogP contribution in [0, 0.1) is 23.6 Å². The zero-order chi connectivity index (χ0) is 22.8. The number of nitrogens with one attached hydrogen (secondary N) is 1. The number of anilines is 1. The maximum absolute atomic E-state index is 13.7. The molecule has 0 aromatic heterocycles. The molecule has 2 rings (SSSR count). The van der Waals surface area contributed by atoms with E-state index in [1.54, 1.807) is 21.1 Å². The molecule has 0 unspecified atom stereocenters. The number of methoxy groups -OCH3 is 3. The highest BCUT2D eigenvalue weighted by molar-refractivity contribution is 6.11. The lowest BCUT2D eigenvalue weighted by Gasteiger charge is -2.26. The Morgan fingerprint density at radius 2 is 1.77 bits per heavy atom.